The van der Waals surface area contributed by atoms with E-state index in [0.717, 1.165) is 57.7 Å². The minimum atomic E-state index is -4.08. The van der Waals surface area contributed by atoms with E-state index < -0.39 is 11.6 Å². The third-order valence-electron chi connectivity index (χ3n) is 9.18. The number of alkyl halides is 3. The molecule has 0 amide bonds. The number of rotatable bonds is 13. The molecule has 2 saturated heterocycles. The molecule has 11 heteroatoms. The van der Waals surface area contributed by atoms with Gasteiger partial charge in [0.25, 0.3) is 0 Å². The van der Waals surface area contributed by atoms with Crippen LogP contribution < -0.4 is 16.2 Å². The fourth-order valence-electron chi connectivity index (χ4n) is 6.28. The van der Waals surface area contributed by atoms with Crippen LogP contribution in [0.5, 0.6) is 5.88 Å². The van der Waals surface area contributed by atoms with E-state index in [1.54, 1.807) is 6.07 Å². The predicted molar refractivity (Wildman–Crippen MR) is 174 cm³/mol. The molecule has 0 spiro atoms. The van der Waals surface area contributed by atoms with Gasteiger partial charge in [0.05, 0.1) is 36.8 Å². The molecule has 4 N–H and O–H groups in total. The Labute approximate surface area is 268 Å². The summed E-state index contributed by atoms with van der Waals surface area (Å²) in [5, 5.41) is 0. The number of amidine groups is 1. The fraction of sp³-hybridized carbons (Fsp3) is 0.824. The van der Waals surface area contributed by atoms with E-state index in [0.29, 0.717) is 43.9 Å². The van der Waals surface area contributed by atoms with Gasteiger partial charge in [-0.15, -0.1) is 0 Å². The van der Waals surface area contributed by atoms with Gasteiger partial charge in [0.15, 0.2) is 0 Å². The lowest BCUT2D eigenvalue weighted by molar-refractivity contribution is -0.367. The average Bonchev–Trinajstić information content (AvgIpc) is 2.91. The van der Waals surface area contributed by atoms with E-state index in [1.807, 2.05) is 26.0 Å². The zero-order valence-electron chi connectivity index (χ0n) is 28.3. The van der Waals surface area contributed by atoms with Crippen LogP contribution >= 0.6 is 0 Å². The Balaban J connectivity index is 0.000000361. The summed E-state index contributed by atoms with van der Waals surface area (Å²) in [5.41, 5.74) is 10.7. The Morgan fingerprint density at radius 2 is 1.76 bits per heavy atom. The number of aromatic nitrogens is 1. The monoisotopic (exact) mass is 641 g/mol. The second-order valence-corrected chi connectivity index (χ2v) is 14.0. The first kappa shape index (κ1) is 37.5. The number of halogens is 3. The van der Waals surface area contributed by atoms with Crippen LogP contribution in [0.25, 0.3) is 0 Å². The Bertz CT molecular complexity index is 1040. The molecule has 8 nitrogen and oxygen atoms in total. The molecule has 3 saturated carbocycles. The summed E-state index contributed by atoms with van der Waals surface area (Å²) in [6.07, 6.45) is 3.33. The molecule has 258 valence electrons. The minimum absolute atomic E-state index is 0.130. The first-order valence-corrected chi connectivity index (χ1v) is 16.9. The summed E-state index contributed by atoms with van der Waals surface area (Å²) in [7, 11) is 0. The minimum Gasteiger partial charge on any atom is -0.477 e. The van der Waals surface area contributed by atoms with Crippen LogP contribution in [0.15, 0.2) is 23.2 Å². The van der Waals surface area contributed by atoms with Crippen LogP contribution in [0.4, 0.5) is 13.2 Å². The number of piperidine rings is 1. The molecule has 3 heterocycles. The van der Waals surface area contributed by atoms with Crippen molar-refractivity contribution in [1.82, 2.24) is 9.88 Å². The summed E-state index contributed by atoms with van der Waals surface area (Å²) < 4.78 is 55.8. The van der Waals surface area contributed by atoms with Crippen LogP contribution in [-0.4, -0.2) is 86.1 Å². The van der Waals surface area contributed by atoms with Crippen LogP contribution in [0.2, 0.25) is 0 Å². The quantitative estimate of drug-likeness (QED) is 0.144. The SMILES string of the molecule is CCC.CCCCOC(C)(C)CN.NC(CN1CCC(c2cccc(OCC34CC(C(F)(F)F)(C3)C4)n2)CC1)=NC[C@@H]1CCO1. The van der Waals surface area contributed by atoms with Crippen LogP contribution in [0, 0.1) is 10.8 Å². The summed E-state index contributed by atoms with van der Waals surface area (Å²) in [5.74, 6) is 1.53. The topological polar surface area (TPSA) is 108 Å². The Morgan fingerprint density at radius 3 is 2.29 bits per heavy atom. The van der Waals surface area contributed by atoms with E-state index in [2.05, 4.69) is 35.6 Å². The highest BCUT2D eigenvalue weighted by molar-refractivity contribution is 5.82. The number of nitrogens with zero attached hydrogens (tertiary/aromatic N) is 3. The van der Waals surface area contributed by atoms with E-state index in [4.69, 9.17) is 25.7 Å². The third kappa shape index (κ3) is 10.8. The van der Waals surface area contributed by atoms with E-state index in [9.17, 15) is 13.2 Å². The van der Waals surface area contributed by atoms with E-state index >= 15 is 0 Å². The van der Waals surface area contributed by atoms with Gasteiger partial charge in [-0.2, -0.15) is 13.2 Å². The van der Waals surface area contributed by atoms with Crippen LogP contribution in [-0.2, 0) is 9.47 Å². The molecule has 2 aliphatic heterocycles. The molecule has 5 fully saturated rings. The number of unbranched alkanes of at least 4 members (excludes halogenated alkanes) is 1. The molecule has 3 aliphatic carbocycles. The first-order chi connectivity index (χ1) is 21.3. The van der Waals surface area contributed by atoms with Gasteiger partial charge < -0.3 is 25.7 Å². The van der Waals surface area contributed by atoms with Crippen molar-refractivity contribution in [2.24, 2.45) is 27.3 Å². The maximum absolute atomic E-state index is 13.0. The second kappa shape index (κ2) is 16.7. The normalized spacial score (nSPS) is 26.7. The average molecular weight is 642 g/mol. The van der Waals surface area contributed by atoms with Gasteiger partial charge in [-0.1, -0.05) is 39.7 Å². The number of nitrogens with two attached hydrogens (primary N) is 2. The molecule has 0 aromatic carbocycles. The van der Waals surface area contributed by atoms with Crippen molar-refractivity contribution in [2.75, 3.05) is 52.5 Å². The molecule has 2 bridgehead atoms. The maximum Gasteiger partial charge on any atom is 0.394 e. The van der Waals surface area contributed by atoms with Crippen molar-refractivity contribution in [3.8, 4) is 5.88 Å². The largest absolute Gasteiger partial charge is 0.477 e. The smallest absolute Gasteiger partial charge is 0.394 e. The van der Waals surface area contributed by atoms with E-state index in [1.165, 1.54) is 12.8 Å². The third-order valence-corrected chi connectivity index (χ3v) is 9.18. The summed E-state index contributed by atoms with van der Waals surface area (Å²) in [4.78, 5) is 11.4. The van der Waals surface area contributed by atoms with Gasteiger partial charge in [-0.3, -0.25) is 9.89 Å². The number of aliphatic imine (C=N–C) groups is 1. The molecule has 45 heavy (non-hydrogen) atoms. The summed E-state index contributed by atoms with van der Waals surface area (Å²) in [6.45, 7) is 16.2. The Kier molecular flexibility index (Phi) is 14.0. The lowest BCUT2D eigenvalue weighted by atomic mass is 9.35. The molecule has 0 unspecified atom stereocenters. The number of likely N-dealkylation sites (tertiary alicyclic amines) is 1. The number of hydrogen-bond donors (Lipinski definition) is 2. The lowest BCUT2D eigenvalue weighted by Crippen LogP contribution is -2.69. The van der Waals surface area contributed by atoms with Gasteiger partial charge in [-0.25, -0.2) is 4.98 Å². The number of hydrogen-bond acceptors (Lipinski definition) is 7. The van der Waals surface area contributed by atoms with Crippen molar-refractivity contribution < 1.29 is 27.4 Å². The van der Waals surface area contributed by atoms with Gasteiger partial charge in [-0.05, 0) is 77.9 Å². The zero-order chi connectivity index (χ0) is 33.1. The van der Waals surface area contributed by atoms with E-state index in [-0.39, 0.29) is 36.4 Å². The highest BCUT2D eigenvalue weighted by Crippen LogP contribution is 2.78. The highest BCUT2D eigenvalue weighted by Gasteiger charge is 2.78. The molecule has 1 atom stereocenters. The summed E-state index contributed by atoms with van der Waals surface area (Å²) in [6, 6.07) is 5.74. The van der Waals surface area contributed by atoms with Crippen molar-refractivity contribution in [3.63, 3.8) is 0 Å². The number of pyridine rings is 1. The molecule has 1 aromatic heterocycles. The molecular formula is C34H58F3N5O3. The molecule has 0 radical (unpaired) electrons. The zero-order valence-corrected chi connectivity index (χ0v) is 28.3. The Morgan fingerprint density at radius 1 is 1.11 bits per heavy atom. The van der Waals surface area contributed by atoms with Crippen LogP contribution in [0.1, 0.15) is 104 Å². The standard InChI is InChI=1S/C23H31F3N4O2.C8H19NO.C3H8/c24-23(25,26)22-12-21(13-22,14-22)15-32-20-3-1-2-18(29-20)16-4-7-30(8-5-16)11-19(27)28-10-17-6-9-31-17;1-4-5-6-10-8(2,3)7-9;1-3-2/h1-3,16-17H,4-15H2,(H2,27,28);4-7,9H2,1-3H3;3H2,1-2H3/t17-,21?,22?;;/m0../s1. The molecule has 1 aromatic rings. The molecule has 6 rings (SSSR count). The first-order valence-electron chi connectivity index (χ1n) is 16.9. The maximum atomic E-state index is 13.0. The lowest BCUT2D eigenvalue weighted by Gasteiger charge is -2.70. The van der Waals surface area contributed by atoms with Gasteiger partial charge in [0, 0.05) is 42.9 Å². The predicted octanol–water partition coefficient (Wildman–Crippen LogP) is 6.48. The van der Waals surface area contributed by atoms with Gasteiger partial charge >= 0.3 is 6.18 Å². The Hall–Kier alpha value is -1.95. The second-order valence-electron chi connectivity index (χ2n) is 14.0. The summed E-state index contributed by atoms with van der Waals surface area (Å²) >= 11 is 0. The van der Waals surface area contributed by atoms with Gasteiger partial charge in [0.1, 0.15) is 5.84 Å². The fourth-order valence-corrected chi connectivity index (χ4v) is 6.28. The molecule has 5 aliphatic rings. The highest BCUT2D eigenvalue weighted by atomic mass is 19.4. The van der Waals surface area contributed by atoms with Crippen molar-refractivity contribution in [1.29, 1.82) is 0 Å². The number of ether oxygens (including phenoxy) is 3. The van der Waals surface area contributed by atoms with Crippen molar-refractivity contribution in [2.45, 2.75) is 116 Å². The van der Waals surface area contributed by atoms with Crippen molar-refractivity contribution >= 4 is 5.84 Å². The van der Waals surface area contributed by atoms with Crippen molar-refractivity contribution in [3.05, 3.63) is 23.9 Å². The van der Waals surface area contributed by atoms with Crippen LogP contribution in [0.3, 0.4) is 0 Å². The molecular weight excluding hydrogens is 583 g/mol. The van der Waals surface area contributed by atoms with Gasteiger partial charge in [0.2, 0.25) is 5.88 Å².